The molecule has 0 spiro atoms. The van der Waals surface area contributed by atoms with Crippen LogP contribution in [0.4, 0.5) is 4.79 Å². The van der Waals surface area contributed by atoms with Crippen molar-refractivity contribution in [2.24, 2.45) is 5.41 Å². The van der Waals surface area contributed by atoms with E-state index >= 15 is 0 Å². The van der Waals surface area contributed by atoms with Gasteiger partial charge in [0.25, 0.3) is 0 Å². The van der Waals surface area contributed by atoms with Gasteiger partial charge in [-0.2, -0.15) is 0 Å². The number of likely N-dealkylation sites (tertiary alicyclic amines) is 1. The number of hydrogen-bond acceptors (Lipinski definition) is 3. The van der Waals surface area contributed by atoms with E-state index in [2.05, 4.69) is 29.5 Å². The van der Waals surface area contributed by atoms with Crippen LogP contribution < -0.4 is 10.6 Å². The van der Waals surface area contributed by atoms with Gasteiger partial charge in [-0.05, 0) is 39.7 Å². The van der Waals surface area contributed by atoms with Gasteiger partial charge >= 0.3 is 12.0 Å². The summed E-state index contributed by atoms with van der Waals surface area (Å²) >= 11 is 0. The molecule has 1 heterocycles. The Morgan fingerprint density at radius 3 is 2.60 bits per heavy atom. The van der Waals surface area contributed by atoms with Crippen LogP contribution in [0.2, 0.25) is 0 Å². The quantitative estimate of drug-likeness (QED) is 0.719. The minimum Gasteiger partial charge on any atom is -0.481 e. The Kier molecular flexibility index (Phi) is 4.52. The van der Waals surface area contributed by atoms with Gasteiger partial charge in [0.1, 0.15) is 0 Å². The first-order valence-corrected chi connectivity index (χ1v) is 7.41. The molecule has 2 atom stereocenters. The van der Waals surface area contributed by atoms with E-state index in [-0.39, 0.29) is 18.6 Å². The molecule has 6 heteroatoms. The zero-order chi connectivity index (χ0) is 14.8. The number of urea groups is 1. The van der Waals surface area contributed by atoms with E-state index < -0.39 is 11.4 Å². The van der Waals surface area contributed by atoms with E-state index in [1.165, 1.54) is 0 Å². The first-order chi connectivity index (χ1) is 9.43. The topological polar surface area (TPSA) is 81.7 Å². The highest BCUT2D eigenvalue weighted by atomic mass is 16.4. The normalized spacial score (nSPS) is 29.3. The largest absolute Gasteiger partial charge is 0.481 e. The van der Waals surface area contributed by atoms with E-state index in [0.717, 1.165) is 25.8 Å². The Hall–Kier alpha value is -1.30. The molecule has 2 rings (SSSR count). The predicted molar refractivity (Wildman–Crippen MR) is 75.6 cm³/mol. The number of nitrogens with one attached hydrogen (secondary N) is 2. The first kappa shape index (κ1) is 15.1. The minimum absolute atomic E-state index is 0.184. The fourth-order valence-electron chi connectivity index (χ4n) is 2.98. The number of rotatable bonds is 4. The van der Waals surface area contributed by atoms with E-state index in [9.17, 15) is 14.7 Å². The summed E-state index contributed by atoms with van der Waals surface area (Å²) in [7, 11) is 2.09. The van der Waals surface area contributed by atoms with Crippen molar-refractivity contribution in [1.82, 2.24) is 15.5 Å². The maximum atomic E-state index is 11.9. The Balaban J connectivity index is 1.74. The van der Waals surface area contributed by atoms with Crippen LogP contribution >= 0.6 is 0 Å². The van der Waals surface area contributed by atoms with Crippen molar-refractivity contribution in [2.45, 2.75) is 51.1 Å². The van der Waals surface area contributed by atoms with Crippen LogP contribution in [0.3, 0.4) is 0 Å². The summed E-state index contributed by atoms with van der Waals surface area (Å²) in [4.78, 5) is 25.4. The summed E-state index contributed by atoms with van der Waals surface area (Å²) < 4.78 is 0. The van der Waals surface area contributed by atoms with E-state index in [0.29, 0.717) is 18.9 Å². The zero-order valence-corrected chi connectivity index (χ0v) is 12.3. The third-order valence-corrected chi connectivity index (χ3v) is 4.90. The molecule has 1 saturated heterocycles. The highest BCUT2D eigenvalue weighted by Gasteiger charge is 2.44. The van der Waals surface area contributed by atoms with Gasteiger partial charge in [-0.15, -0.1) is 0 Å². The minimum atomic E-state index is -0.794. The highest BCUT2D eigenvalue weighted by molar-refractivity contribution is 5.79. The summed E-state index contributed by atoms with van der Waals surface area (Å²) in [5, 5.41) is 14.9. The second-order valence-electron chi connectivity index (χ2n) is 6.32. The van der Waals surface area contributed by atoms with Crippen LogP contribution in [0.15, 0.2) is 0 Å². The van der Waals surface area contributed by atoms with Crippen LogP contribution in [0.25, 0.3) is 0 Å². The van der Waals surface area contributed by atoms with Gasteiger partial charge in [-0.3, -0.25) is 4.79 Å². The van der Waals surface area contributed by atoms with Crippen molar-refractivity contribution in [1.29, 1.82) is 0 Å². The van der Waals surface area contributed by atoms with Gasteiger partial charge in [0, 0.05) is 25.2 Å². The number of carboxylic acids is 1. The molecule has 0 aromatic heterocycles. The van der Waals surface area contributed by atoms with Crippen molar-refractivity contribution in [3.63, 3.8) is 0 Å². The lowest BCUT2D eigenvalue weighted by atomic mass is 9.69. The maximum absolute atomic E-state index is 11.9. The number of hydrogen-bond donors (Lipinski definition) is 3. The van der Waals surface area contributed by atoms with E-state index in [1.54, 1.807) is 0 Å². The van der Waals surface area contributed by atoms with Crippen LogP contribution in [0, 0.1) is 5.41 Å². The van der Waals surface area contributed by atoms with Crippen LogP contribution in [0.1, 0.15) is 39.0 Å². The standard InChI is InChI=1S/C14H25N3O3/c1-10-8-11(4-7-17(10)2)16-13(20)15-9-14(12(18)19)5-3-6-14/h10-11H,3-9H2,1-2H3,(H,18,19)(H2,15,16,20). The lowest BCUT2D eigenvalue weighted by Gasteiger charge is -2.38. The summed E-state index contributed by atoms with van der Waals surface area (Å²) in [6.07, 6.45) is 4.14. The SMILES string of the molecule is CC1CC(NC(=O)NCC2(C(=O)O)CCC2)CCN1C. The van der Waals surface area contributed by atoms with Gasteiger partial charge < -0.3 is 20.6 Å². The number of carboxylic acid groups (broad SMARTS) is 1. The summed E-state index contributed by atoms with van der Waals surface area (Å²) in [6.45, 7) is 3.36. The molecule has 6 nitrogen and oxygen atoms in total. The van der Waals surface area contributed by atoms with E-state index in [4.69, 9.17) is 0 Å². The van der Waals surface area contributed by atoms with Gasteiger partial charge in [-0.1, -0.05) is 6.42 Å². The predicted octanol–water partition coefficient (Wildman–Crippen LogP) is 1.02. The molecular formula is C14H25N3O3. The second kappa shape index (κ2) is 5.99. The first-order valence-electron chi connectivity index (χ1n) is 7.41. The van der Waals surface area contributed by atoms with Crippen molar-refractivity contribution in [2.75, 3.05) is 20.1 Å². The number of carbonyl (C=O) groups is 2. The zero-order valence-electron chi connectivity index (χ0n) is 12.3. The molecule has 2 aliphatic rings. The summed E-state index contributed by atoms with van der Waals surface area (Å²) in [6, 6.07) is 0.411. The monoisotopic (exact) mass is 283 g/mol. The van der Waals surface area contributed by atoms with Gasteiger partial charge in [0.2, 0.25) is 0 Å². The Morgan fingerprint density at radius 2 is 2.10 bits per heavy atom. The Morgan fingerprint density at radius 1 is 1.40 bits per heavy atom. The molecule has 1 aliphatic carbocycles. The van der Waals surface area contributed by atoms with Crippen molar-refractivity contribution in [3.8, 4) is 0 Å². The van der Waals surface area contributed by atoms with Crippen LogP contribution in [-0.2, 0) is 4.79 Å². The number of carbonyl (C=O) groups excluding carboxylic acids is 1. The Labute approximate surface area is 119 Å². The number of amides is 2. The van der Waals surface area contributed by atoms with Crippen molar-refractivity contribution >= 4 is 12.0 Å². The van der Waals surface area contributed by atoms with Crippen LogP contribution in [-0.4, -0.2) is 54.2 Å². The van der Waals surface area contributed by atoms with Gasteiger partial charge in [0.05, 0.1) is 5.41 Å². The van der Waals surface area contributed by atoms with Gasteiger partial charge in [-0.25, -0.2) is 4.79 Å². The Bertz CT molecular complexity index is 382. The third-order valence-electron chi connectivity index (χ3n) is 4.90. The van der Waals surface area contributed by atoms with Crippen LogP contribution in [0.5, 0.6) is 0 Å². The summed E-state index contributed by atoms with van der Waals surface area (Å²) in [5.74, 6) is -0.794. The molecule has 2 amide bonds. The average molecular weight is 283 g/mol. The molecule has 1 saturated carbocycles. The van der Waals surface area contributed by atoms with E-state index in [1.807, 2.05) is 0 Å². The smallest absolute Gasteiger partial charge is 0.315 e. The molecule has 3 N–H and O–H groups in total. The molecule has 2 unspecified atom stereocenters. The number of aliphatic carboxylic acids is 1. The molecule has 0 aromatic rings. The lowest BCUT2D eigenvalue weighted by Crippen LogP contribution is -2.53. The fourth-order valence-corrected chi connectivity index (χ4v) is 2.98. The number of nitrogens with zero attached hydrogens (tertiary/aromatic N) is 1. The highest BCUT2D eigenvalue weighted by Crippen LogP contribution is 2.40. The molecule has 0 aromatic carbocycles. The van der Waals surface area contributed by atoms with Crippen molar-refractivity contribution in [3.05, 3.63) is 0 Å². The maximum Gasteiger partial charge on any atom is 0.315 e. The lowest BCUT2D eigenvalue weighted by molar-refractivity contribution is -0.153. The molecule has 1 aliphatic heterocycles. The molecule has 2 fully saturated rings. The second-order valence-corrected chi connectivity index (χ2v) is 6.32. The molecule has 0 radical (unpaired) electrons. The van der Waals surface area contributed by atoms with Crippen molar-refractivity contribution < 1.29 is 14.7 Å². The third kappa shape index (κ3) is 3.23. The molecule has 20 heavy (non-hydrogen) atoms. The fraction of sp³-hybridized carbons (Fsp3) is 0.857. The van der Waals surface area contributed by atoms with Gasteiger partial charge in [0.15, 0.2) is 0 Å². The summed E-state index contributed by atoms with van der Waals surface area (Å²) in [5.41, 5.74) is -0.725. The molecular weight excluding hydrogens is 258 g/mol. The number of piperidine rings is 1. The molecule has 0 bridgehead atoms. The molecule has 114 valence electrons. The average Bonchev–Trinajstić information content (AvgIpc) is 2.32.